The molecule has 1 fully saturated rings. The summed E-state index contributed by atoms with van der Waals surface area (Å²) >= 11 is 0. The largest absolute Gasteiger partial charge is 0.491 e. The second-order valence-corrected chi connectivity index (χ2v) is 8.03. The number of amides is 2. The van der Waals surface area contributed by atoms with Crippen LogP contribution in [0.1, 0.15) is 37.0 Å². The monoisotopic (exact) mass is 425 g/mol. The highest BCUT2D eigenvalue weighted by atomic mass is 16.5. The van der Waals surface area contributed by atoms with Crippen molar-refractivity contribution in [2.75, 3.05) is 36.9 Å². The summed E-state index contributed by atoms with van der Waals surface area (Å²) < 4.78 is 11.3. The van der Waals surface area contributed by atoms with Crippen molar-refractivity contribution in [2.45, 2.75) is 32.8 Å². The third-order valence-electron chi connectivity index (χ3n) is 4.84. The average Bonchev–Trinajstić information content (AvgIpc) is 3.29. The first-order valence-corrected chi connectivity index (χ1v) is 10.8. The van der Waals surface area contributed by atoms with E-state index in [1.54, 1.807) is 24.3 Å². The van der Waals surface area contributed by atoms with Gasteiger partial charge in [0.05, 0.1) is 24.9 Å². The van der Waals surface area contributed by atoms with Gasteiger partial charge in [0.2, 0.25) is 5.91 Å². The molecule has 3 N–H and O–H groups in total. The van der Waals surface area contributed by atoms with Gasteiger partial charge in [-0.15, -0.1) is 0 Å². The topological polar surface area (TPSA) is 88.7 Å². The van der Waals surface area contributed by atoms with Crippen LogP contribution >= 0.6 is 0 Å². The fourth-order valence-electron chi connectivity index (χ4n) is 3.19. The van der Waals surface area contributed by atoms with E-state index in [0.717, 1.165) is 30.9 Å². The molecule has 2 aromatic rings. The first-order valence-electron chi connectivity index (χ1n) is 10.8. The fraction of sp³-hybridized carbons (Fsp3) is 0.417. The van der Waals surface area contributed by atoms with E-state index < -0.39 is 0 Å². The third kappa shape index (κ3) is 7.29. The molecule has 1 atom stereocenters. The maximum absolute atomic E-state index is 12.3. The lowest BCUT2D eigenvalue weighted by Gasteiger charge is -2.14. The molecular formula is C24H31N3O4. The smallest absolute Gasteiger partial charge is 0.251 e. The van der Waals surface area contributed by atoms with E-state index in [0.29, 0.717) is 30.3 Å². The Morgan fingerprint density at radius 1 is 1.13 bits per heavy atom. The van der Waals surface area contributed by atoms with Crippen molar-refractivity contribution >= 4 is 23.2 Å². The van der Waals surface area contributed by atoms with Crippen molar-refractivity contribution in [3.05, 3.63) is 54.1 Å². The molecule has 2 aromatic carbocycles. The maximum Gasteiger partial charge on any atom is 0.251 e. The van der Waals surface area contributed by atoms with Gasteiger partial charge in [-0.3, -0.25) is 9.59 Å². The molecule has 0 aliphatic carbocycles. The van der Waals surface area contributed by atoms with Crippen LogP contribution in [0.3, 0.4) is 0 Å². The molecule has 1 aliphatic heterocycles. The SMILES string of the molecule is CC(C)COc1ccccc1NCC(=O)Nc1ccc(C(=O)NCC2CCCO2)cc1. The Hall–Kier alpha value is -3.06. The normalized spacial score (nSPS) is 15.5. The zero-order valence-electron chi connectivity index (χ0n) is 18.1. The highest BCUT2D eigenvalue weighted by molar-refractivity contribution is 5.96. The number of carbonyl (C=O) groups is 2. The van der Waals surface area contributed by atoms with Crippen molar-refractivity contribution in [3.8, 4) is 5.75 Å². The summed E-state index contributed by atoms with van der Waals surface area (Å²) in [7, 11) is 0. The predicted octanol–water partition coefficient (Wildman–Crippen LogP) is 3.68. The number of benzene rings is 2. The van der Waals surface area contributed by atoms with Crippen LogP contribution in [0.5, 0.6) is 5.75 Å². The fourth-order valence-corrected chi connectivity index (χ4v) is 3.19. The summed E-state index contributed by atoms with van der Waals surface area (Å²) in [6.07, 6.45) is 2.13. The van der Waals surface area contributed by atoms with E-state index in [1.165, 1.54) is 0 Å². The molecule has 7 nitrogen and oxygen atoms in total. The highest BCUT2D eigenvalue weighted by Gasteiger charge is 2.16. The van der Waals surface area contributed by atoms with Gasteiger partial charge in [-0.05, 0) is 55.2 Å². The summed E-state index contributed by atoms with van der Waals surface area (Å²) in [6, 6.07) is 14.4. The zero-order chi connectivity index (χ0) is 22.1. The molecule has 31 heavy (non-hydrogen) atoms. The van der Waals surface area contributed by atoms with Crippen LogP contribution in [0.4, 0.5) is 11.4 Å². The van der Waals surface area contributed by atoms with Crippen molar-refractivity contribution in [1.29, 1.82) is 0 Å². The maximum atomic E-state index is 12.3. The lowest BCUT2D eigenvalue weighted by atomic mass is 10.2. The second kappa shape index (κ2) is 11.4. The molecule has 1 aliphatic rings. The van der Waals surface area contributed by atoms with Crippen LogP contribution in [0, 0.1) is 5.92 Å². The van der Waals surface area contributed by atoms with Gasteiger partial charge in [0, 0.05) is 24.4 Å². The second-order valence-electron chi connectivity index (χ2n) is 8.03. The molecule has 3 rings (SSSR count). The molecule has 2 amide bonds. The summed E-state index contributed by atoms with van der Waals surface area (Å²) in [5, 5.41) is 8.84. The molecule has 166 valence electrons. The van der Waals surface area contributed by atoms with E-state index in [1.807, 2.05) is 24.3 Å². The lowest BCUT2D eigenvalue weighted by Crippen LogP contribution is -2.31. The summed E-state index contributed by atoms with van der Waals surface area (Å²) in [4.78, 5) is 24.6. The van der Waals surface area contributed by atoms with Crippen molar-refractivity contribution < 1.29 is 19.1 Å². The van der Waals surface area contributed by atoms with Crippen molar-refractivity contribution in [3.63, 3.8) is 0 Å². The molecular weight excluding hydrogens is 394 g/mol. The number of ether oxygens (including phenoxy) is 2. The van der Waals surface area contributed by atoms with Crippen LogP contribution in [-0.4, -0.2) is 44.2 Å². The number of para-hydroxylation sites is 2. The number of hydrogen-bond donors (Lipinski definition) is 3. The van der Waals surface area contributed by atoms with Gasteiger partial charge in [-0.2, -0.15) is 0 Å². The third-order valence-corrected chi connectivity index (χ3v) is 4.84. The summed E-state index contributed by atoms with van der Waals surface area (Å²) in [5.74, 6) is 0.808. The molecule has 0 spiro atoms. The van der Waals surface area contributed by atoms with E-state index in [-0.39, 0.29) is 24.5 Å². The molecule has 7 heteroatoms. The molecule has 1 unspecified atom stereocenters. The lowest BCUT2D eigenvalue weighted by molar-refractivity contribution is -0.114. The molecule has 0 radical (unpaired) electrons. The van der Waals surface area contributed by atoms with Crippen LogP contribution in [-0.2, 0) is 9.53 Å². The van der Waals surface area contributed by atoms with Crippen LogP contribution in [0.2, 0.25) is 0 Å². The average molecular weight is 426 g/mol. The Morgan fingerprint density at radius 3 is 2.61 bits per heavy atom. The zero-order valence-corrected chi connectivity index (χ0v) is 18.1. The van der Waals surface area contributed by atoms with Crippen molar-refractivity contribution in [2.24, 2.45) is 5.92 Å². The minimum absolute atomic E-state index is 0.103. The van der Waals surface area contributed by atoms with Crippen molar-refractivity contribution in [1.82, 2.24) is 5.32 Å². The standard InChI is InChI=1S/C24H31N3O4/c1-17(2)16-31-22-8-4-3-7-21(22)25-15-23(28)27-19-11-9-18(10-12-19)24(29)26-14-20-6-5-13-30-20/h3-4,7-12,17,20,25H,5-6,13-16H2,1-2H3,(H,26,29)(H,27,28). The Morgan fingerprint density at radius 2 is 1.90 bits per heavy atom. The first-order chi connectivity index (χ1) is 15.0. The molecule has 1 heterocycles. The van der Waals surface area contributed by atoms with Gasteiger partial charge in [0.15, 0.2) is 0 Å². The Balaban J connectivity index is 1.46. The minimum atomic E-state index is -0.186. The number of rotatable bonds is 10. The number of carbonyl (C=O) groups excluding carboxylic acids is 2. The first kappa shape index (κ1) is 22.6. The Kier molecular flexibility index (Phi) is 8.29. The molecule has 0 aromatic heterocycles. The van der Waals surface area contributed by atoms with E-state index in [4.69, 9.17) is 9.47 Å². The van der Waals surface area contributed by atoms with Gasteiger partial charge < -0.3 is 25.4 Å². The van der Waals surface area contributed by atoms with Gasteiger partial charge in [0.25, 0.3) is 5.91 Å². The number of anilines is 2. The number of nitrogens with one attached hydrogen (secondary N) is 3. The van der Waals surface area contributed by atoms with E-state index in [9.17, 15) is 9.59 Å². The molecule has 1 saturated heterocycles. The van der Waals surface area contributed by atoms with Gasteiger partial charge in [-0.1, -0.05) is 26.0 Å². The van der Waals surface area contributed by atoms with E-state index in [2.05, 4.69) is 29.8 Å². The van der Waals surface area contributed by atoms with Gasteiger partial charge >= 0.3 is 0 Å². The molecule has 0 bridgehead atoms. The van der Waals surface area contributed by atoms with Crippen LogP contribution < -0.4 is 20.7 Å². The predicted molar refractivity (Wildman–Crippen MR) is 122 cm³/mol. The molecule has 0 saturated carbocycles. The Bertz CT molecular complexity index is 861. The van der Waals surface area contributed by atoms with Crippen LogP contribution in [0.25, 0.3) is 0 Å². The highest BCUT2D eigenvalue weighted by Crippen LogP contribution is 2.24. The van der Waals surface area contributed by atoms with Crippen LogP contribution in [0.15, 0.2) is 48.5 Å². The van der Waals surface area contributed by atoms with E-state index >= 15 is 0 Å². The van der Waals surface area contributed by atoms with Gasteiger partial charge in [0.1, 0.15) is 5.75 Å². The quantitative estimate of drug-likeness (QED) is 0.540. The summed E-state index contributed by atoms with van der Waals surface area (Å²) in [5.41, 5.74) is 1.95. The number of hydrogen-bond acceptors (Lipinski definition) is 5. The van der Waals surface area contributed by atoms with Gasteiger partial charge in [-0.25, -0.2) is 0 Å². The Labute approximate surface area is 183 Å². The summed E-state index contributed by atoms with van der Waals surface area (Å²) in [6.45, 7) is 6.17. The minimum Gasteiger partial charge on any atom is -0.491 e.